The maximum absolute atomic E-state index is 12.5. The predicted octanol–water partition coefficient (Wildman–Crippen LogP) is 21.8. The number of rotatable bonds is 64. The first-order valence-corrected chi connectivity index (χ1v) is 34.1. The molecule has 3 N–H and O–H groups in total. The van der Waals surface area contributed by atoms with Gasteiger partial charge in [0.15, 0.2) is 0 Å². The first-order valence-electron chi connectivity index (χ1n) is 34.1. The Bertz CT molecular complexity index is 1170. The van der Waals surface area contributed by atoms with Crippen molar-refractivity contribution < 1.29 is 24.5 Å². The van der Waals surface area contributed by atoms with Crippen molar-refractivity contribution in [3.63, 3.8) is 0 Å². The smallest absolute Gasteiger partial charge is 0.305 e. The third kappa shape index (κ3) is 61.4. The molecule has 6 nitrogen and oxygen atoms in total. The van der Waals surface area contributed by atoms with Crippen LogP contribution in [-0.4, -0.2) is 47.4 Å². The normalized spacial score (nSPS) is 12.6. The number of allylic oxidation sites excluding steroid dienone is 3. The van der Waals surface area contributed by atoms with E-state index in [0.29, 0.717) is 19.4 Å². The zero-order valence-corrected chi connectivity index (χ0v) is 50.8. The number of esters is 1. The maximum Gasteiger partial charge on any atom is 0.305 e. The molecule has 0 aromatic rings. The zero-order valence-electron chi connectivity index (χ0n) is 50.8. The quantitative estimate of drug-likeness (QED) is 0.0320. The fourth-order valence-corrected chi connectivity index (χ4v) is 10.7. The van der Waals surface area contributed by atoms with Crippen molar-refractivity contribution >= 4 is 11.9 Å². The molecule has 0 aliphatic carbocycles. The fraction of sp³-hybridized carbons (Fsp3) is 0.913. The summed E-state index contributed by atoms with van der Waals surface area (Å²) < 4.78 is 5.47. The average molecular weight is 1060 g/mol. The summed E-state index contributed by atoms with van der Waals surface area (Å²) in [6.45, 7) is 4.91. The number of amides is 1. The van der Waals surface area contributed by atoms with Crippen molar-refractivity contribution in [2.24, 2.45) is 0 Å². The SMILES string of the molecule is CCCCC/C=C\CCCCCCCC(=O)OCCCCCCCCCCCCCCCCCCCCCCCCCCCCCCCC(=O)NC(CO)C(O)/C=C/CCCCCCCCCCCCCCCCC. The lowest BCUT2D eigenvalue weighted by Gasteiger charge is -2.20. The molecule has 2 atom stereocenters. The number of carbonyl (C=O) groups is 2. The summed E-state index contributed by atoms with van der Waals surface area (Å²) in [5, 5.41) is 23.2. The van der Waals surface area contributed by atoms with Crippen LogP contribution in [0.3, 0.4) is 0 Å². The van der Waals surface area contributed by atoms with E-state index in [2.05, 4.69) is 31.3 Å². The Morgan fingerprint density at radius 1 is 0.360 bits per heavy atom. The van der Waals surface area contributed by atoms with Crippen LogP contribution in [0.5, 0.6) is 0 Å². The summed E-state index contributed by atoms with van der Waals surface area (Å²) in [6, 6.07) is -0.625. The number of aliphatic hydroxyl groups is 2. The van der Waals surface area contributed by atoms with E-state index in [9.17, 15) is 19.8 Å². The highest BCUT2D eigenvalue weighted by Crippen LogP contribution is 2.19. The van der Waals surface area contributed by atoms with Gasteiger partial charge in [-0.25, -0.2) is 0 Å². The third-order valence-electron chi connectivity index (χ3n) is 16.0. The van der Waals surface area contributed by atoms with Crippen LogP contribution in [0.25, 0.3) is 0 Å². The molecule has 1 amide bonds. The largest absolute Gasteiger partial charge is 0.466 e. The molecule has 0 rings (SSSR count). The van der Waals surface area contributed by atoms with Crippen molar-refractivity contribution in [1.82, 2.24) is 5.32 Å². The first kappa shape index (κ1) is 73.3. The molecular formula is C69H133NO5. The van der Waals surface area contributed by atoms with Gasteiger partial charge in [0.05, 0.1) is 25.4 Å². The number of unbranched alkanes of at least 4 members (excludes halogenated alkanes) is 51. The Morgan fingerprint density at radius 2 is 0.627 bits per heavy atom. The lowest BCUT2D eigenvalue weighted by molar-refractivity contribution is -0.143. The summed E-state index contributed by atoms with van der Waals surface area (Å²) in [6.07, 6.45) is 81.1. The number of ether oxygens (including phenoxy) is 1. The summed E-state index contributed by atoms with van der Waals surface area (Å²) in [7, 11) is 0. The molecule has 6 heteroatoms. The molecule has 0 fully saturated rings. The molecule has 0 aromatic carbocycles. The lowest BCUT2D eigenvalue weighted by Crippen LogP contribution is -2.45. The molecule has 0 aliphatic heterocycles. The molecule has 444 valence electrons. The van der Waals surface area contributed by atoms with Crippen LogP contribution >= 0.6 is 0 Å². The highest BCUT2D eigenvalue weighted by Gasteiger charge is 2.18. The predicted molar refractivity (Wildman–Crippen MR) is 329 cm³/mol. The van der Waals surface area contributed by atoms with Crippen LogP contribution in [0, 0.1) is 0 Å². The highest BCUT2D eigenvalue weighted by atomic mass is 16.5. The second-order valence-electron chi connectivity index (χ2n) is 23.5. The second kappa shape index (κ2) is 64.9. The van der Waals surface area contributed by atoms with Crippen molar-refractivity contribution in [1.29, 1.82) is 0 Å². The first-order chi connectivity index (χ1) is 37.0. The molecule has 75 heavy (non-hydrogen) atoms. The van der Waals surface area contributed by atoms with Gasteiger partial charge < -0.3 is 20.3 Å². The molecule has 0 saturated carbocycles. The zero-order chi connectivity index (χ0) is 54.3. The minimum Gasteiger partial charge on any atom is -0.466 e. The van der Waals surface area contributed by atoms with Gasteiger partial charge in [-0.1, -0.05) is 334 Å². The minimum atomic E-state index is -0.842. The Labute approximate surface area is 469 Å². The van der Waals surface area contributed by atoms with E-state index in [1.54, 1.807) is 6.08 Å². The standard InChI is InChI=1S/C69H133NO5/c1-3-5-7-9-11-13-15-17-18-32-35-38-41-45-49-53-57-61-67(72)66(65-71)70-68(73)62-58-54-50-46-42-39-36-33-30-28-26-24-22-20-19-21-23-25-27-29-31-34-37-40-44-48-52-56-60-64-75-69(74)63-59-55-51-47-43-16-14-12-10-8-6-4-2/h12,14,57,61,66-67,71-72H,3-11,13,15-56,58-60,62-65H2,1-2H3,(H,70,73)/b14-12-,61-57+. The third-order valence-corrected chi connectivity index (χ3v) is 16.0. The molecular weight excluding hydrogens is 923 g/mol. The minimum absolute atomic E-state index is 0.00944. The fourth-order valence-electron chi connectivity index (χ4n) is 10.7. The Balaban J connectivity index is 3.36. The van der Waals surface area contributed by atoms with E-state index in [1.807, 2.05) is 6.08 Å². The number of carbonyl (C=O) groups excluding carboxylic acids is 2. The highest BCUT2D eigenvalue weighted by molar-refractivity contribution is 5.76. The Hall–Kier alpha value is -1.66. The molecule has 0 aromatic heterocycles. The number of aliphatic hydroxyl groups excluding tert-OH is 2. The van der Waals surface area contributed by atoms with Crippen LogP contribution < -0.4 is 5.32 Å². The van der Waals surface area contributed by atoms with Crippen LogP contribution in [-0.2, 0) is 14.3 Å². The Kier molecular flexibility index (Phi) is 63.4. The van der Waals surface area contributed by atoms with E-state index >= 15 is 0 Å². The topological polar surface area (TPSA) is 95.9 Å². The van der Waals surface area contributed by atoms with E-state index in [1.165, 1.54) is 308 Å². The molecule has 0 aliphatic rings. The number of hydrogen-bond acceptors (Lipinski definition) is 5. The summed E-state index contributed by atoms with van der Waals surface area (Å²) in [5.41, 5.74) is 0. The van der Waals surface area contributed by atoms with Crippen molar-refractivity contribution in [3.05, 3.63) is 24.3 Å². The molecule has 2 unspecified atom stereocenters. The van der Waals surface area contributed by atoms with Crippen molar-refractivity contribution in [3.8, 4) is 0 Å². The van der Waals surface area contributed by atoms with Gasteiger partial charge >= 0.3 is 5.97 Å². The van der Waals surface area contributed by atoms with Crippen LogP contribution in [0.4, 0.5) is 0 Å². The van der Waals surface area contributed by atoms with E-state index in [-0.39, 0.29) is 18.5 Å². The van der Waals surface area contributed by atoms with E-state index < -0.39 is 12.1 Å². The summed E-state index contributed by atoms with van der Waals surface area (Å²) in [5.74, 6) is -0.0520. The number of nitrogens with one attached hydrogen (secondary N) is 1. The van der Waals surface area contributed by atoms with Crippen molar-refractivity contribution in [2.45, 2.75) is 392 Å². The van der Waals surface area contributed by atoms with Gasteiger partial charge in [0.2, 0.25) is 5.91 Å². The average Bonchev–Trinajstić information content (AvgIpc) is 3.41. The van der Waals surface area contributed by atoms with Crippen molar-refractivity contribution in [2.75, 3.05) is 13.2 Å². The number of hydrogen-bond donors (Lipinski definition) is 3. The van der Waals surface area contributed by atoms with E-state index in [0.717, 1.165) is 44.9 Å². The van der Waals surface area contributed by atoms with Gasteiger partial charge in [-0.05, 0) is 57.8 Å². The van der Waals surface area contributed by atoms with Crippen LogP contribution in [0.2, 0.25) is 0 Å². The van der Waals surface area contributed by atoms with Gasteiger partial charge in [0.1, 0.15) is 0 Å². The van der Waals surface area contributed by atoms with E-state index in [4.69, 9.17) is 4.74 Å². The molecule has 0 spiro atoms. The van der Waals surface area contributed by atoms with Gasteiger partial charge in [-0.2, -0.15) is 0 Å². The van der Waals surface area contributed by atoms with Crippen LogP contribution in [0.1, 0.15) is 380 Å². The van der Waals surface area contributed by atoms with Gasteiger partial charge in [-0.15, -0.1) is 0 Å². The van der Waals surface area contributed by atoms with Gasteiger partial charge in [0.25, 0.3) is 0 Å². The molecule has 0 heterocycles. The molecule has 0 bridgehead atoms. The maximum atomic E-state index is 12.5. The molecule has 0 radical (unpaired) electrons. The Morgan fingerprint density at radius 3 is 0.973 bits per heavy atom. The van der Waals surface area contributed by atoms with Crippen LogP contribution in [0.15, 0.2) is 24.3 Å². The molecule has 0 saturated heterocycles. The monoisotopic (exact) mass is 1060 g/mol. The lowest BCUT2D eigenvalue weighted by atomic mass is 10.0. The van der Waals surface area contributed by atoms with Gasteiger partial charge in [0, 0.05) is 12.8 Å². The summed E-state index contributed by atoms with van der Waals surface area (Å²) in [4.78, 5) is 24.5. The van der Waals surface area contributed by atoms with Gasteiger partial charge in [-0.3, -0.25) is 9.59 Å². The summed E-state index contributed by atoms with van der Waals surface area (Å²) >= 11 is 0. The second-order valence-corrected chi connectivity index (χ2v) is 23.5.